The van der Waals surface area contributed by atoms with Gasteiger partial charge >= 0.3 is 0 Å². The van der Waals surface area contributed by atoms with Gasteiger partial charge in [-0.3, -0.25) is 4.90 Å². The Labute approximate surface area is 211 Å². The molecule has 1 saturated carbocycles. The quantitative estimate of drug-likeness (QED) is 0.316. The first kappa shape index (κ1) is 27.0. The van der Waals surface area contributed by atoms with Crippen molar-refractivity contribution in [1.82, 2.24) is 9.80 Å². The van der Waals surface area contributed by atoms with E-state index in [1.54, 1.807) is 0 Å². The van der Waals surface area contributed by atoms with Gasteiger partial charge in [-0.2, -0.15) is 0 Å². The normalized spacial score (nSPS) is 22.9. The zero-order chi connectivity index (χ0) is 23.6. The number of piperidine rings is 1. The molecule has 4 nitrogen and oxygen atoms in total. The number of halogens is 1. The molecule has 188 valence electrons. The molecule has 0 unspecified atom stereocenters. The summed E-state index contributed by atoms with van der Waals surface area (Å²) in [6.07, 6.45) is 11.0. The molecule has 1 aromatic rings. The van der Waals surface area contributed by atoms with E-state index >= 15 is 0 Å². The minimum Gasteiger partial charge on any atom is -0.491 e. The Morgan fingerprint density at radius 1 is 1.06 bits per heavy atom. The molecule has 33 heavy (non-hydrogen) atoms. The van der Waals surface area contributed by atoms with Gasteiger partial charge in [0.25, 0.3) is 0 Å². The minimum absolute atomic E-state index is 0.221. The maximum Gasteiger partial charge on any atom is 0.120 e. The van der Waals surface area contributed by atoms with Crippen molar-refractivity contribution in [2.24, 2.45) is 11.8 Å². The van der Waals surface area contributed by atoms with E-state index in [1.807, 2.05) is 7.11 Å². The van der Waals surface area contributed by atoms with Crippen molar-refractivity contribution in [3.63, 3.8) is 0 Å². The molecule has 0 radical (unpaired) electrons. The number of ether oxygens (including phenoxy) is 2. The van der Waals surface area contributed by atoms with Gasteiger partial charge in [-0.15, -0.1) is 0 Å². The lowest BCUT2D eigenvalue weighted by atomic mass is 9.83. The number of nitrogens with zero attached hydrogens (tertiary/aromatic N) is 2. The van der Waals surface area contributed by atoms with Crippen molar-refractivity contribution in [2.75, 3.05) is 46.4 Å². The average Bonchev–Trinajstić information content (AvgIpc) is 2.81. The summed E-state index contributed by atoms with van der Waals surface area (Å²) >= 11 is 3.76. The maximum absolute atomic E-state index is 5.91. The molecule has 2 aliphatic rings. The summed E-state index contributed by atoms with van der Waals surface area (Å²) in [6, 6.07) is 7.24. The molecule has 0 N–H and O–H groups in total. The monoisotopic (exact) mass is 522 g/mol. The van der Waals surface area contributed by atoms with Gasteiger partial charge in [-0.1, -0.05) is 22.9 Å². The van der Waals surface area contributed by atoms with Crippen LogP contribution in [0.1, 0.15) is 71.3 Å². The second-order valence-corrected chi connectivity index (χ2v) is 11.3. The van der Waals surface area contributed by atoms with E-state index < -0.39 is 0 Å². The fourth-order valence-electron chi connectivity index (χ4n) is 5.75. The van der Waals surface area contributed by atoms with E-state index in [0.717, 1.165) is 49.7 Å². The molecule has 1 aliphatic heterocycles. The standard InChI is InChI=1S/C28H47BrN2O2/c1-5-31(18-19-32-4)26-8-6-23(7-9-26)12-15-30-16-13-24(14-17-30)20-25-21-27(33-22(2)3)10-11-28(25)29/h10-11,21-24,26H,5-9,12-20H2,1-4H3/t23-,26-. The molecule has 1 aromatic carbocycles. The van der Waals surface area contributed by atoms with Gasteiger partial charge in [0.05, 0.1) is 12.7 Å². The van der Waals surface area contributed by atoms with Crippen molar-refractivity contribution in [2.45, 2.75) is 84.3 Å². The van der Waals surface area contributed by atoms with Crippen LogP contribution in [-0.2, 0) is 11.2 Å². The number of hydrogen-bond acceptors (Lipinski definition) is 4. The number of benzene rings is 1. The van der Waals surface area contributed by atoms with Crippen LogP contribution in [0.3, 0.4) is 0 Å². The number of hydrogen-bond donors (Lipinski definition) is 0. The Morgan fingerprint density at radius 3 is 2.42 bits per heavy atom. The zero-order valence-corrected chi connectivity index (χ0v) is 23.1. The van der Waals surface area contributed by atoms with Crippen LogP contribution in [-0.4, -0.2) is 68.4 Å². The SMILES string of the molecule is CCN(CCOC)[C@H]1CC[C@H](CCN2CCC(Cc3cc(OC(C)C)ccc3Br)CC2)CC1. The lowest BCUT2D eigenvalue weighted by molar-refractivity contribution is 0.0924. The largest absolute Gasteiger partial charge is 0.491 e. The highest BCUT2D eigenvalue weighted by Crippen LogP contribution is 2.32. The van der Waals surface area contributed by atoms with E-state index in [2.05, 4.69) is 64.7 Å². The third-order valence-electron chi connectivity index (χ3n) is 7.78. The Bertz CT molecular complexity index is 682. The van der Waals surface area contributed by atoms with Crippen LogP contribution in [0, 0.1) is 11.8 Å². The topological polar surface area (TPSA) is 24.9 Å². The molecule has 0 amide bonds. The smallest absolute Gasteiger partial charge is 0.120 e. The molecule has 0 bridgehead atoms. The van der Waals surface area contributed by atoms with Crippen molar-refractivity contribution in [1.29, 1.82) is 0 Å². The molecular weight excluding hydrogens is 476 g/mol. The van der Waals surface area contributed by atoms with Crippen molar-refractivity contribution in [3.05, 3.63) is 28.2 Å². The second-order valence-electron chi connectivity index (χ2n) is 10.5. The third-order valence-corrected chi connectivity index (χ3v) is 8.55. The van der Waals surface area contributed by atoms with Crippen molar-refractivity contribution >= 4 is 15.9 Å². The van der Waals surface area contributed by atoms with Crippen molar-refractivity contribution in [3.8, 4) is 5.75 Å². The van der Waals surface area contributed by atoms with Crippen LogP contribution in [0.15, 0.2) is 22.7 Å². The lowest BCUT2D eigenvalue weighted by Crippen LogP contribution is -2.40. The summed E-state index contributed by atoms with van der Waals surface area (Å²) in [5.41, 5.74) is 1.40. The van der Waals surface area contributed by atoms with E-state index in [-0.39, 0.29) is 6.10 Å². The minimum atomic E-state index is 0.221. The summed E-state index contributed by atoms with van der Waals surface area (Å²) < 4.78 is 12.4. The molecule has 5 heteroatoms. The fourth-order valence-corrected chi connectivity index (χ4v) is 6.16. The van der Waals surface area contributed by atoms with Crippen LogP contribution in [0.5, 0.6) is 5.75 Å². The van der Waals surface area contributed by atoms with Gasteiger partial charge in [-0.05, 0) is 127 Å². The highest BCUT2D eigenvalue weighted by atomic mass is 79.9. The van der Waals surface area contributed by atoms with E-state index in [0.29, 0.717) is 0 Å². The van der Waals surface area contributed by atoms with Gasteiger partial charge in [-0.25, -0.2) is 0 Å². The van der Waals surface area contributed by atoms with Crippen LogP contribution < -0.4 is 4.74 Å². The summed E-state index contributed by atoms with van der Waals surface area (Å²) in [5.74, 6) is 2.71. The first-order valence-corrected chi connectivity index (χ1v) is 14.2. The van der Waals surface area contributed by atoms with Crippen LogP contribution >= 0.6 is 15.9 Å². The molecule has 0 spiro atoms. The van der Waals surface area contributed by atoms with Crippen LogP contribution in [0.4, 0.5) is 0 Å². The molecule has 1 saturated heterocycles. The molecular formula is C28H47BrN2O2. The summed E-state index contributed by atoms with van der Waals surface area (Å²) in [5, 5.41) is 0. The predicted octanol–water partition coefficient (Wildman–Crippen LogP) is 6.41. The molecule has 1 aliphatic carbocycles. The van der Waals surface area contributed by atoms with Gasteiger partial charge in [0.1, 0.15) is 5.75 Å². The van der Waals surface area contributed by atoms with Gasteiger partial charge in [0.2, 0.25) is 0 Å². The van der Waals surface area contributed by atoms with Gasteiger partial charge in [0.15, 0.2) is 0 Å². The second kappa shape index (κ2) is 14.1. The van der Waals surface area contributed by atoms with Crippen molar-refractivity contribution < 1.29 is 9.47 Å². The number of likely N-dealkylation sites (tertiary alicyclic amines) is 1. The number of likely N-dealkylation sites (N-methyl/N-ethyl adjacent to an activating group) is 1. The zero-order valence-electron chi connectivity index (χ0n) is 21.5. The highest BCUT2D eigenvalue weighted by Gasteiger charge is 2.26. The van der Waals surface area contributed by atoms with Gasteiger partial charge < -0.3 is 14.4 Å². The van der Waals surface area contributed by atoms with E-state index in [1.165, 1.54) is 74.6 Å². The Kier molecular flexibility index (Phi) is 11.5. The van der Waals surface area contributed by atoms with E-state index in [9.17, 15) is 0 Å². The summed E-state index contributed by atoms with van der Waals surface area (Å²) in [6.45, 7) is 13.4. The first-order chi connectivity index (χ1) is 16.0. The third kappa shape index (κ3) is 8.83. The Balaban J connectivity index is 1.35. The molecule has 3 rings (SSSR count). The average molecular weight is 524 g/mol. The summed E-state index contributed by atoms with van der Waals surface area (Å²) in [4.78, 5) is 5.36. The van der Waals surface area contributed by atoms with E-state index in [4.69, 9.17) is 9.47 Å². The summed E-state index contributed by atoms with van der Waals surface area (Å²) in [7, 11) is 1.81. The number of methoxy groups -OCH3 is 1. The molecule has 2 fully saturated rings. The fraction of sp³-hybridized carbons (Fsp3) is 0.786. The van der Waals surface area contributed by atoms with Crippen LogP contribution in [0.25, 0.3) is 0 Å². The van der Waals surface area contributed by atoms with Gasteiger partial charge in [0, 0.05) is 24.2 Å². The lowest BCUT2D eigenvalue weighted by Gasteiger charge is -2.37. The molecule has 0 atom stereocenters. The molecule has 1 heterocycles. The maximum atomic E-state index is 5.91. The predicted molar refractivity (Wildman–Crippen MR) is 142 cm³/mol. The first-order valence-electron chi connectivity index (χ1n) is 13.4. The Hall–Kier alpha value is -0.620. The molecule has 0 aromatic heterocycles. The number of rotatable bonds is 12. The Morgan fingerprint density at radius 2 is 1.79 bits per heavy atom. The highest BCUT2D eigenvalue weighted by molar-refractivity contribution is 9.10. The van der Waals surface area contributed by atoms with Crippen LogP contribution in [0.2, 0.25) is 0 Å².